The zero-order chi connectivity index (χ0) is 35.4. The molecule has 0 aromatic heterocycles. The molecule has 12 nitrogen and oxygen atoms in total. The molecule has 1 saturated carbocycles. The Morgan fingerprint density at radius 1 is 0.917 bits per heavy atom. The lowest BCUT2D eigenvalue weighted by Crippen LogP contribution is -2.32. The van der Waals surface area contributed by atoms with Gasteiger partial charge in [0.25, 0.3) is 0 Å². The van der Waals surface area contributed by atoms with E-state index in [0.717, 1.165) is 29.9 Å². The van der Waals surface area contributed by atoms with Crippen molar-refractivity contribution in [2.24, 2.45) is 17.8 Å². The highest BCUT2D eigenvalue weighted by atomic mass is 31.2. The van der Waals surface area contributed by atoms with Gasteiger partial charge in [0.05, 0.1) is 29.8 Å². The number of rotatable bonds is 16. The van der Waals surface area contributed by atoms with E-state index >= 15 is 0 Å². The summed E-state index contributed by atoms with van der Waals surface area (Å²) < 4.78 is 26.2. The lowest BCUT2D eigenvalue weighted by molar-refractivity contribution is -0.171. The van der Waals surface area contributed by atoms with Crippen LogP contribution < -0.4 is 15.5 Å². The number of phosphoric acid groups is 1. The second-order valence-electron chi connectivity index (χ2n) is 13.4. The van der Waals surface area contributed by atoms with Crippen LogP contribution in [0.1, 0.15) is 90.2 Å². The normalized spacial score (nSPS) is 17.1. The van der Waals surface area contributed by atoms with Gasteiger partial charge in [-0.25, -0.2) is 9.36 Å². The van der Waals surface area contributed by atoms with Crippen molar-refractivity contribution in [2.45, 2.75) is 92.1 Å². The summed E-state index contributed by atoms with van der Waals surface area (Å²) in [6, 6.07) is 13.1. The van der Waals surface area contributed by atoms with Crippen molar-refractivity contribution in [3.8, 4) is 0 Å². The lowest BCUT2D eigenvalue weighted by atomic mass is 9.88. The summed E-state index contributed by atoms with van der Waals surface area (Å²) in [6.45, 7) is 13.7. The van der Waals surface area contributed by atoms with Gasteiger partial charge in [-0.2, -0.15) is 0 Å². The molecular formula is C35H52N3O9P. The largest absolute Gasteiger partial charge is 0.469 e. The minimum atomic E-state index is -4.58. The van der Waals surface area contributed by atoms with Gasteiger partial charge in [0.15, 0.2) is 0 Å². The number of urea groups is 1. The first kappa shape index (κ1) is 39.0. The molecule has 4 N–H and O–H groups in total. The highest BCUT2D eigenvalue weighted by molar-refractivity contribution is 7.46. The minimum Gasteiger partial charge on any atom is -0.428 e. The van der Waals surface area contributed by atoms with Gasteiger partial charge in [0.2, 0.25) is 6.79 Å². The third kappa shape index (κ3) is 13.2. The van der Waals surface area contributed by atoms with Gasteiger partial charge in [0.1, 0.15) is 0 Å². The van der Waals surface area contributed by atoms with E-state index in [1.165, 1.54) is 0 Å². The molecule has 13 heteroatoms. The Balaban J connectivity index is 1.67. The molecule has 0 bridgehead atoms. The predicted molar refractivity (Wildman–Crippen MR) is 186 cm³/mol. The number of nitrogens with zero attached hydrogens (tertiary/aromatic N) is 1. The van der Waals surface area contributed by atoms with E-state index in [0.29, 0.717) is 55.3 Å². The summed E-state index contributed by atoms with van der Waals surface area (Å²) in [5, 5.41) is 5.96. The van der Waals surface area contributed by atoms with Crippen LogP contribution >= 0.6 is 7.82 Å². The van der Waals surface area contributed by atoms with Crippen LogP contribution in [0, 0.1) is 24.7 Å². The predicted octanol–water partition coefficient (Wildman–Crippen LogP) is 7.35. The molecule has 2 aromatic carbocycles. The molecule has 0 saturated heterocycles. The Morgan fingerprint density at radius 2 is 1.54 bits per heavy atom. The molecule has 2 aromatic rings. The van der Waals surface area contributed by atoms with Gasteiger partial charge in [-0.1, -0.05) is 58.4 Å². The van der Waals surface area contributed by atoms with Gasteiger partial charge in [-0.3, -0.25) is 14.1 Å². The van der Waals surface area contributed by atoms with Crippen LogP contribution in [0.3, 0.4) is 0 Å². The van der Waals surface area contributed by atoms with Gasteiger partial charge in [-0.05, 0) is 86.6 Å². The Kier molecular flexibility index (Phi) is 14.9. The molecule has 1 unspecified atom stereocenters. The van der Waals surface area contributed by atoms with Gasteiger partial charge >= 0.3 is 25.8 Å². The number of carbonyl (C=O) groups excluding carboxylic acids is 3. The number of benzene rings is 2. The van der Waals surface area contributed by atoms with E-state index < -0.39 is 38.6 Å². The van der Waals surface area contributed by atoms with Crippen molar-refractivity contribution in [3.63, 3.8) is 0 Å². The molecule has 2 amide bonds. The van der Waals surface area contributed by atoms with Crippen LogP contribution in [0.2, 0.25) is 0 Å². The highest BCUT2D eigenvalue weighted by Crippen LogP contribution is 2.42. The van der Waals surface area contributed by atoms with E-state index in [2.05, 4.69) is 43.2 Å². The summed E-state index contributed by atoms with van der Waals surface area (Å²) in [6.07, 6.45) is 1.42. The fourth-order valence-corrected chi connectivity index (χ4v) is 6.48. The van der Waals surface area contributed by atoms with E-state index in [4.69, 9.17) is 23.8 Å². The first-order chi connectivity index (χ1) is 22.6. The average molecular weight is 690 g/mol. The number of ether oxygens (including phenoxy) is 2. The Hall–Kier alpha value is -3.44. The number of amides is 2. The zero-order valence-corrected chi connectivity index (χ0v) is 29.8. The maximum Gasteiger partial charge on any atom is 0.469 e. The maximum absolute atomic E-state index is 13.2. The number of nitrogens with one attached hydrogen (secondary N) is 2. The highest BCUT2D eigenvalue weighted by Gasteiger charge is 2.31. The Morgan fingerprint density at radius 3 is 2.10 bits per heavy atom. The maximum atomic E-state index is 13.2. The number of hydrogen-bond donors (Lipinski definition) is 4. The fraction of sp³-hybridized carbons (Fsp3) is 0.571. The quantitative estimate of drug-likeness (QED) is 0.0796. The lowest BCUT2D eigenvalue weighted by Gasteiger charge is -2.31. The fourth-order valence-electron chi connectivity index (χ4n) is 5.89. The first-order valence-electron chi connectivity index (χ1n) is 16.7. The zero-order valence-electron chi connectivity index (χ0n) is 28.9. The molecule has 1 atom stereocenters. The molecule has 0 aliphatic heterocycles. The minimum absolute atomic E-state index is 0.0505. The summed E-state index contributed by atoms with van der Waals surface area (Å²) in [5.41, 5.74) is 4.16. The Bertz CT molecular complexity index is 1390. The molecule has 1 fully saturated rings. The average Bonchev–Trinajstić information content (AvgIpc) is 2.99. The second kappa shape index (κ2) is 18.4. The van der Waals surface area contributed by atoms with Crippen LogP contribution in [0.4, 0.5) is 21.9 Å². The molecule has 0 heterocycles. The third-order valence-electron chi connectivity index (χ3n) is 8.18. The molecule has 1 aliphatic rings. The summed E-state index contributed by atoms with van der Waals surface area (Å²) >= 11 is 0. The summed E-state index contributed by atoms with van der Waals surface area (Å²) in [4.78, 5) is 58.8. The van der Waals surface area contributed by atoms with Crippen LogP contribution in [-0.2, 0) is 28.2 Å². The number of hydrogen-bond acceptors (Lipinski definition) is 8. The van der Waals surface area contributed by atoms with Crippen molar-refractivity contribution < 1.29 is 42.7 Å². The van der Waals surface area contributed by atoms with Gasteiger partial charge < -0.3 is 34.8 Å². The van der Waals surface area contributed by atoms with E-state index in [1.54, 1.807) is 0 Å². The van der Waals surface area contributed by atoms with Crippen LogP contribution in [0.5, 0.6) is 0 Å². The molecule has 0 radical (unpaired) electrons. The second-order valence-corrected chi connectivity index (χ2v) is 14.6. The Labute approximate surface area is 284 Å². The monoisotopic (exact) mass is 689 g/mol. The van der Waals surface area contributed by atoms with Crippen molar-refractivity contribution in [3.05, 3.63) is 53.6 Å². The summed E-state index contributed by atoms with van der Waals surface area (Å²) in [5.74, 6) is -0.931. The van der Waals surface area contributed by atoms with Crippen molar-refractivity contribution in [1.29, 1.82) is 0 Å². The number of carbonyl (C=O) groups is 3. The molecule has 266 valence electrons. The molecule has 0 spiro atoms. The van der Waals surface area contributed by atoms with Crippen LogP contribution in [0.15, 0.2) is 42.5 Å². The van der Waals surface area contributed by atoms with Gasteiger partial charge in [-0.15, -0.1) is 0 Å². The third-order valence-corrected chi connectivity index (χ3v) is 8.76. The molecule has 3 rings (SSSR count). The van der Waals surface area contributed by atoms with E-state index in [9.17, 15) is 18.9 Å². The summed E-state index contributed by atoms with van der Waals surface area (Å²) in [7, 11) is -4.58. The molecule has 1 aliphatic carbocycles. The van der Waals surface area contributed by atoms with E-state index in [-0.39, 0.29) is 18.4 Å². The van der Waals surface area contributed by atoms with Crippen molar-refractivity contribution in [2.75, 3.05) is 35.4 Å². The van der Waals surface area contributed by atoms with Crippen LogP contribution in [0.25, 0.3) is 0 Å². The molecule has 48 heavy (non-hydrogen) atoms. The standard InChI is InChI=1S/C35H52N3O9P/c1-7-26(19-33(39)45-22-46-34(40)27-10-15-30(16-11-27)47-48(42,43)44)28-12-17-32(38(20-23(2)3)21-24(4)5)31(18-28)37-35(41)36-29-13-8-25(6)9-14-29/h8-9,12-14,17-18,23-24,26-27,30H,7,10-11,15-16,19-22H2,1-6H3,(H2,36,37,41)(H2,42,43,44)/t26?,27-,30-. The topological polar surface area (TPSA) is 164 Å². The van der Waals surface area contributed by atoms with Gasteiger partial charge in [0, 0.05) is 18.8 Å². The SMILES string of the molecule is CCC(CC(=O)OCOC(=O)[C@H]1CC[C@H](OP(=O)(O)O)CC1)c1ccc(N(CC(C)C)CC(C)C)c(NC(=O)Nc2ccc(C)cc2)c1. The first-order valence-corrected chi connectivity index (χ1v) is 18.3. The number of aryl methyl sites for hydroxylation is 1. The smallest absolute Gasteiger partial charge is 0.428 e. The molecular weight excluding hydrogens is 637 g/mol. The van der Waals surface area contributed by atoms with E-state index in [1.807, 2.05) is 56.3 Å². The number of esters is 2. The van der Waals surface area contributed by atoms with Crippen molar-refractivity contribution >= 4 is 42.9 Å². The number of phosphoric ester groups is 1. The van der Waals surface area contributed by atoms with Crippen LogP contribution in [-0.4, -0.2) is 53.7 Å². The van der Waals surface area contributed by atoms with Crippen molar-refractivity contribution in [1.82, 2.24) is 0 Å². The number of anilines is 3.